The molecular weight excluding hydrogens is 300 g/mol. The molecule has 2 N–H and O–H groups in total. The van der Waals surface area contributed by atoms with Crippen LogP contribution in [-0.4, -0.2) is 29.5 Å². The number of rotatable bonds is 2. The molecule has 2 rings (SSSR count). The van der Waals surface area contributed by atoms with E-state index in [9.17, 15) is 9.90 Å². The Labute approximate surface area is 146 Å². The lowest BCUT2D eigenvalue weighted by atomic mass is 9.88. The molecule has 24 heavy (non-hydrogen) atoms. The van der Waals surface area contributed by atoms with Crippen LogP contribution in [-0.2, 0) is 4.79 Å². The molecule has 2 aliphatic heterocycles. The largest absolute Gasteiger partial charge is 0.497 e. The van der Waals surface area contributed by atoms with Crippen LogP contribution in [0.15, 0.2) is 16.6 Å². The highest BCUT2D eigenvalue weighted by Gasteiger charge is 2.17. The summed E-state index contributed by atoms with van der Waals surface area (Å²) in [7, 11) is 0. The van der Waals surface area contributed by atoms with Gasteiger partial charge < -0.3 is 10.4 Å². The maximum absolute atomic E-state index is 11.8. The number of nitrogens with zero attached hydrogens (tertiary/aromatic N) is 1. The highest BCUT2D eigenvalue weighted by Crippen LogP contribution is 2.26. The standard InChI is InChI=1S/C20H34N2O2/c1-16(17-9-7-8-14-21-19(23)13-12-17)15-18-10-5-3-2-4-6-11-20(24)22-18/h15,17-18H,2-14H2,1H3,(H,21,23)(H,22,24)/b16-15-. The molecule has 2 unspecified atom stereocenters. The van der Waals surface area contributed by atoms with Crippen LogP contribution in [0.4, 0.5) is 0 Å². The van der Waals surface area contributed by atoms with Gasteiger partial charge in [-0.2, -0.15) is 0 Å². The third-order valence-corrected chi connectivity index (χ3v) is 5.34. The van der Waals surface area contributed by atoms with Crippen molar-refractivity contribution in [3.63, 3.8) is 0 Å². The summed E-state index contributed by atoms with van der Waals surface area (Å²) in [5, 5.41) is 13.0. The summed E-state index contributed by atoms with van der Waals surface area (Å²) < 4.78 is 0. The van der Waals surface area contributed by atoms with Crippen molar-refractivity contribution >= 4 is 11.8 Å². The Morgan fingerprint density at radius 2 is 1.79 bits per heavy atom. The van der Waals surface area contributed by atoms with E-state index in [0.29, 0.717) is 24.7 Å². The zero-order chi connectivity index (χ0) is 17.2. The van der Waals surface area contributed by atoms with Crippen LogP contribution in [0.5, 0.6) is 0 Å². The first-order chi connectivity index (χ1) is 11.6. The summed E-state index contributed by atoms with van der Waals surface area (Å²) in [6.07, 6.45) is 14.9. The molecular formula is C20H34N2O2. The molecule has 0 saturated carbocycles. The van der Waals surface area contributed by atoms with Crippen molar-refractivity contribution in [3.05, 3.63) is 11.6 Å². The lowest BCUT2D eigenvalue weighted by molar-refractivity contribution is -0.121. The van der Waals surface area contributed by atoms with Gasteiger partial charge in [-0.25, -0.2) is 4.99 Å². The van der Waals surface area contributed by atoms with Crippen molar-refractivity contribution < 1.29 is 9.90 Å². The molecule has 136 valence electrons. The number of aliphatic hydroxyl groups excluding tert-OH is 1. The molecule has 0 aromatic heterocycles. The SMILES string of the molecule is C/C(=C/C1CCCCCCC/C(O)=N\1)C1CCCCNC(=O)CC1. The van der Waals surface area contributed by atoms with Gasteiger partial charge in [0.2, 0.25) is 5.91 Å². The number of hydrogen-bond acceptors (Lipinski definition) is 2. The highest BCUT2D eigenvalue weighted by molar-refractivity contribution is 5.75. The smallest absolute Gasteiger partial charge is 0.220 e. The second kappa shape index (κ2) is 10.5. The fourth-order valence-corrected chi connectivity index (χ4v) is 3.78. The minimum Gasteiger partial charge on any atom is -0.497 e. The Kier molecular flexibility index (Phi) is 8.34. The van der Waals surface area contributed by atoms with E-state index < -0.39 is 0 Å². The second-order valence-corrected chi connectivity index (χ2v) is 7.41. The molecule has 4 nitrogen and oxygen atoms in total. The summed E-state index contributed by atoms with van der Waals surface area (Å²) in [4.78, 5) is 16.3. The van der Waals surface area contributed by atoms with Crippen LogP contribution >= 0.6 is 0 Å². The van der Waals surface area contributed by atoms with Crippen LogP contribution in [0.1, 0.15) is 84.0 Å². The van der Waals surface area contributed by atoms with Crippen molar-refractivity contribution in [1.82, 2.24) is 5.32 Å². The molecule has 0 radical (unpaired) electrons. The van der Waals surface area contributed by atoms with Gasteiger partial charge >= 0.3 is 0 Å². The lowest BCUT2D eigenvalue weighted by Gasteiger charge is -2.19. The van der Waals surface area contributed by atoms with E-state index in [0.717, 1.165) is 45.1 Å². The van der Waals surface area contributed by atoms with E-state index in [1.807, 2.05) is 0 Å². The Morgan fingerprint density at radius 1 is 1.04 bits per heavy atom. The van der Waals surface area contributed by atoms with Gasteiger partial charge in [0.25, 0.3) is 0 Å². The van der Waals surface area contributed by atoms with E-state index in [1.165, 1.54) is 31.3 Å². The molecule has 2 aliphatic rings. The van der Waals surface area contributed by atoms with E-state index in [1.54, 1.807) is 0 Å². The van der Waals surface area contributed by atoms with E-state index in [2.05, 4.69) is 23.3 Å². The van der Waals surface area contributed by atoms with Gasteiger partial charge in [0, 0.05) is 19.4 Å². The van der Waals surface area contributed by atoms with Crippen LogP contribution < -0.4 is 5.32 Å². The molecule has 4 heteroatoms. The van der Waals surface area contributed by atoms with Crippen molar-refractivity contribution in [3.8, 4) is 0 Å². The molecule has 0 aliphatic carbocycles. The summed E-state index contributed by atoms with van der Waals surface area (Å²) in [6.45, 7) is 3.00. The molecule has 0 spiro atoms. The van der Waals surface area contributed by atoms with E-state index in [-0.39, 0.29) is 11.9 Å². The molecule has 1 amide bonds. The second-order valence-electron chi connectivity index (χ2n) is 7.41. The minimum absolute atomic E-state index is 0.101. The molecule has 1 fully saturated rings. The topological polar surface area (TPSA) is 61.7 Å². The van der Waals surface area contributed by atoms with Gasteiger partial charge in [-0.15, -0.1) is 0 Å². The van der Waals surface area contributed by atoms with Crippen molar-refractivity contribution in [2.24, 2.45) is 10.9 Å². The number of nitrogens with one attached hydrogen (secondary N) is 1. The number of allylic oxidation sites excluding steroid dienone is 1. The average Bonchev–Trinajstić information content (AvgIpc) is 2.66. The number of aliphatic imine (C=N–C) groups is 1. The van der Waals surface area contributed by atoms with Crippen LogP contribution in [0.25, 0.3) is 0 Å². The molecule has 0 aromatic rings. The first-order valence-electron chi connectivity index (χ1n) is 9.86. The van der Waals surface area contributed by atoms with Gasteiger partial charge in [0.1, 0.15) is 0 Å². The van der Waals surface area contributed by atoms with Gasteiger partial charge in [-0.1, -0.05) is 43.8 Å². The van der Waals surface area contributed by atoms with Crippen LogP contribution in [0.3, 0.4) is 0 Å². The third-order valence-electron chi connectivity index (χ3n) is 5.34. The van der Waals surface area contributed by atoms with Crippen molar-refractivity contribution in [1.29, 1.82) is 0 Å². The number of aliphatic hydroxyl groups is 1. The average molecular weight is 335 g/mol. The number of carbonyl (C=O) groups is 1. The maximum atomic E-state index is 11.8. The Bertz CT molecular complexity index is 457. The highest BCUT2D eigenvalue weighted by atomic mass is 16.3. The predicted octanol–water partition coefficient (Wildman–Crippen LogP) is 4.70. The lowest BCUT2D eigenvalue weighted by Crippen LogP contribution is -2.23. The van der Waals surface area contributed by atoms with Gasteiger partial charge in [-0.3, -0.25) is 4.79 Å². The molecule has 2 atom stereocenters. The summed E-state index contributed by atoms with van der Waals surface area (Å²) in [6, 6.07) is 0.101. The maximum Gasteiger partial charge on any atom is 0.220 e. The Balaban J connectivity index is 2.03. The zero-order valence-corrected chi connectivity index (χ0v) is 15.2. The first kappa shape index (κ1) is 19.0. The van der Waals surface area contributed by atoms with Gasteiger partial charge in [-0.05, 0) is 44.9 Å². The predicted molar refractivity (Wildman–Crippen MR) is 99.5 cm³/mol. The number of hydrogen-bond donors (Lipinski definition) is 2. The summed E-state index contributed by atoms with van der Waals surface area (Å²) >= 11 is 0. The summed E-state index contributed by atoms with van der Waals surface area (Å²) in [5.41, 5.74) is 1.35. The fourth-order valence-electron chi connectivity index (χ4n) is 3.78. The Hall–Kier alpha value is -1.32. The minimum atomic E-state index is 0.101. The van der Waals surface area contributed by atoms with Gasteiger partial charge in [0.15, 0.2) is 5.90 Å². The van der Waals surface area contributed by atoms with Gasteiger partial charge in [0.05, 0.1) is 6.04 Å². The van der Waals surface area contributed by atoms with Crippen molar-refractivity contribution in [2.45, 2.75) is 90.0 Å². The molecule has 0 aromatic carbocycles. The van der Waals surface area contributed by atoms with Crippen LogP contribution in [0, 0.1) is 5.92 Å². The number of amides is 1. The summed E-state index contributed by atoms with van der Waals surface area (Å²) in [5.74, 6) is 0.977. The fraction of sp³-hybridized carbons (Fsp3) is 0.800. The van der Waals surface area contributed by atoms with E-state index >= 15 is 0 Å². The van der Waals surface area contributed by atoms with Crippen LogP contribution in [0.2, 0.25) is 0 Å². The van der Waals surface area contributed by atoms with E-state index in [4.69, 9.17) is 0 Å². The first-order valence-corrected chi connectivity index (χ1v) is 9.86. The monoisotopic (exact) mass is 334 g/mol. The molecule has 2 heterocycles. The molecule has 0 bridgehead atoms. The molecule has 1 saturated heterocycles. The third kappa shape index (κ3) is 7.06. The normalized spacial score (nSPS) is 31.0. The van der Waals surface area contributed by atoms with Crippen molar-refractivity contribution in [2.75, 3.05) is 6.54 Å². The Morgan fingerprint density at radius 3 is 2.67 bits per heavy atom. The zero-order valence-electron chi connectivity index (χ0n) is 15.2. The quantitative estimate of drug-likeness (QED) is 0.719. The number of carbonyl (C=O) groups excluding carboxylic acids is 1.